The molecule has 0 saturated heterocycles. The van der Waals surface area contributed by atoms with Crippen LogP contribution in [0.2, 0.25) is 10.2 Å². The van der Waals surface area contributed by atoms with Crippen LogP contribution in [0.5, 0.6) is 0 Å². The Morgan fingerprint density at radius 3 is 2.70 bits per heavy atom. The Balaban J connectivity index is 1.94. The normalized spacial score (nSPS) is 10.3. The number of esters is 1. The van der Waals surface area contributed by atoms with E-state index in [0.717, 1.165) is 10.0 Å². The van der Waals surface area contributed by atoms with Gasteiger partial charge in [-0.05, 0) is 42.8 Å². The average Bonchev–Trinajstić information content (AvgIpc) is 2.51. The zero-order valence-electron chi connectivity index (χ0n) is 11.9. The van der Waals surface area contributed by atoms with Crippen molar-refractivity contribution in [2.24, 2.45) is 0 Å². The number of halogens is 3. The number of anilines is 1. The molecule has 0 radical (unpaired) electrons. The highest BCUT2D eigenvalue weighted by molar-refractivity contribution is 9.10. The lowest BCUT2D eigenvalue weighted by atomic mass is 10.2. The van der Waals surface area contributed by atoms with Crippen molar-refractivity contribution in [1.29, 1.82) is 0 Å². The molecule has 0 aliphatic heterocycles. The summed E-state index contributed by atoms with van der Waals surface area (Å²) >= 11 is 14.9. The van der Waals surface area contributed by atoms with E-state index in [0.29, 0.717) is 5.69 Å². The molecule has 1 aromatic heterocycles. The largest absolute Gasteiger partial charge is 0.451 e. The lowest BCUT2D eigenvalue weighted by molar-refractivity contribution is -0.119. The number of ether oxygens (including phenoxy) is 1. The fourth-order valence-corrected chi connectivity index (χ4v) is 2.26. The SMILES string of the molecule is Cc1cc(NC(=O)COC(=O)c2nc(Cl)ccc2Cl)ccc1Br. The molecule has 1 heterocycles. The molecule has 1 amide bonds. The summed E-state index contributed by atoms with van der Waals surface area (Å²) in [6.07, 6.45) is 0. The first kappa shape index (κ1) is 17.7. The first-order valence-corrected chi connectivity index (χ1v) is 7.97. The maximum Gasteiger partial charge on any atom is 0.359 e. The topological polar surface area (TPSA) is 68.3 Å². The molecule has 0 saturated carbocycles. The number of pyridine rings is 1. The Morgan fingerprint density at radius 2 is 2.00 bits per heavy atom. The van der Waals surface area contributed by atoms with Gasteiger partial charge in [0.15, 0.2) is 12.3 Å². The van der Waals surface area contributed by atoms with Gasteiger partial charge in [-0.25, -0.2) is 9.78 Å². The smallest absolute Gasteiger partial charge is 0.359 e. The molecule has 0 spiro atoms. The number of amides is 1. The summed E-state index contributed by atoms with van der Waals surface area (Å²) in [5, 5.41) is 2.83. The van der Waals surface area contributed by atoms with Crippen LogP contribution in [-0.4, -0.2) is 23.5 Å². The van der Waals surface area contributed by atoms with Crippen LogP contribution in [0, 0.1) is 6.92 Å². The Labute approximate surface area is 151 Å². The lowest BCUT2D eigenvalue weighted by Gasteiger charge is -2.08. The zero-order valence-corrected chi connectivity index (χ0v) is 15.0. The summed E-state index contributed by atoms with van der Waals surface area (Å²) in [4.78, 5) is 27.5. The monoisotopic (exact) mass is 416 g/mol. The maximum atomic E-state index is 11.9. The van der Waals surface area contributed by atoms with Crippen molar-refractivity contribution in [2.45, 2.75) is 6.92 Å². The maximum absolute atomic E-state index is 11.9. The number of nitrogens with zero attached hydrogens (tertiary/aromatic N) is 1. The van der Waals surface area contributed by atoms with Gasteiger partial charge in [0, 0.05) is 10.2 Å². The first-order valence-electron chi connectivity index (χ1n) is 6.42. The van der Waals surface area contributed by atoms with Crippen molar-refractivity contribution in [2.75, 3.05) is 11.9 Å². The van der Waals surface area contributed by atoms with Crippen molar-refractivity contribution < 1.29 is 14.3 Å². The number of aryl methyl sites for hydroxylation is 1. The highest BCUT2D eigenvalue weighted by atomic mass is 79.9. The summed E-state index contributed by atoms with van der Waals surface area (Å²) in [7, 11) is 0. The van der Waals surface area contributed by atoms with Crippen molar-refractivity contribution in [3.05, 3.63) is 56.2 Å². The molecule has 120 valence electrons. The van der Waals surface area contributed by atoms with Gasteiger partial charge in [0.05, 0.1) is 5.02 Å². The van der Waals surface area contributed by atoms with Gasteiger partial charge >= 0.3 is 5.97 Å². The second-order valence-electron chi connectivity index (χ2n) is 4.55. The molecule has 1 aromatic carbocycles. The van der Waals surface area contributed by atoms with E-state index in [2.05, 4.69) is 26.2 Å². The van der Waals surface area contributed by atoms with Crippen molar-refractivity contribution in [3.63, 3.8) is 0 Å². The molecule has 0 aliphatic carbocycles. The molecule has 2 aromatic rings. The standard InChI is InChI=1S/C15H11BrCl2N2O3/c1-8-6-9(2-3-10(8)16)19-13(21)7-23-15(22)14-11(17)4-5-12(18)20-14/h2-6H,7H2,1H3,(H,19,21). The Kier molecular flexibility index (Phi) is 5.98. The summed E-state index contributed by atoms with van der Waals surface area (Å²) in [6, 6.07) is 8.21. The minimum atomic E-state index is -0.820. The molecule has 0 fully saturated rings. The number of hydrogen-bond acceptors (Lipinski definition) is 4. The first-order chi connectivity index (χ1) is 10.9. The van der Waals surface area contributed by atoms with E-state index in [1.807, 2.05) is 13.0 Å². The summed E-state index contributed by atoms with van der Waals surface area (Å²) in [5.41, 5.74) is 1.44. The third-order valence-electron chi connectivity index (χ3n) is 2.78. The van der Waals surface area contributed by atoms with Gasteiger partial charge in [-0.3, -0.25) is 4.79 Å². The van der Waals surface area contributed by atoms with Crippen molar-refractivity contribution in [3.8, 4) is 0 Å². The predicted molar refractivity (Wildman–Crippen MR) is 92.0 cm³/mol. The number of aromatic nitrogens is 1. The minimum absolute atomic E-state index is 0.100. The number of benzene rings is 1. The van der Waals surface area contributed by atoms with Crippen LogP contribution in [0.4, 0.5) is 5.69 Å². The molecule has 0 aliphatic rings. The fraction of sp³-hybridized carbons (Fsp3) is 0.133. The van der Waals surface area contributed by atoms with Gasteiger partial charge in [-0.15, -0.1) is 0 Å². The summed E-state index contributed by atoms with van der Waals surface area (Å²) in [5.74, 6) is -1.29. The van der Waals surface area contributed by atoms with E-state index < -0.39 is 18.5 Å². The number of nitrogens with one attached hydrogen (secondary N) is 1. The van der Waals surface area contributed by atoms with E-state index in [1.54, 1.807) is 12.1 Å². The van der Waals surface area contributed by atoms with Gasteiger partial charge in [0.25, 0.3) is 5.91 Å². The molecule has 5 nitrogen and oxygen atoms in total. The molecular formula is C15H11BrCl2N2O3. The van der Waals surface area contributed by atoms with E-state index in [1.165, 1.54) is 12.1 Å². The average molecular weight is 418 g/mol. The number of carbonyl (C=O) groups excluding carboxylic acids is 2. The third kappa shape index (κ3) is 4.92. The molecular weight excluding hydrogens is 407 g/mol. The van der Waals surface area contributed by atoms with Gasteiger partial charge < -0.3 is 10.1 Å². The highest BCUT2D eigenvalue weighted by Crippen LogP contribution is 2.20. The van der Waals surface area contributed by atoms with Gasteiger partial charge in [-0.1, -0.05) is 39.1 Å². The molecule has 23 heavy (non-hydrogen) atoms. The minimum Gasteiger partial charge on any atom is -0.451 e. The van der Waals surface area contributed by atoms with Crippen LogP contribution in [0.15, 0.2) is 34.8 Å². The summed E-state index contributed by atoms with van der Waals surface area (Å²) < 4.78 is 5.82. The highest BCUT2D eigenvalue weighted by Gasteiger charge is 2.16. The van der Waals surface area contributed by atoms with Gasteiger partial charge in [0.1, 0.15) is 5.15 Å². The van der Waals surface area contributed by atoms with Crippen molar-refractivity contribution >= 4 is 56.7 Å². The molecule has 0 bridgehead atoms. The quantitative estimate of drug-likeness (QED) is 0.596. The lowest BCUT2D eigenvalue weighted by Crippen LogP contribution is -2.21. The van der Waals surface area contributed by atoms with Crippen LogP contribution >= 0.6 is 39.1 Å². The number of rotatable bonds is 4. The summed E-state index contributed by atoms with van der Waals surface area (Å²) in [6.45, 7) is 1.44. The predicted octanol–water partition coefficient (Wildman–Crippen LogP) is 4.25. The fourth-order valence-electron chi connectivity index (χ4n) is 1.68. The van der Waals surface area contributed by atoms with Crippen LogP contribution in [-0.2, 0) is 9.53 Å². The Bertz CT molecular complexity index is 768. The molecule has 2 rings (SSSR count). The second-order valence-corrected chi connectivity index (χ2v) is 6.20. The van der Waals surface area contributed by atoms with Crippen LogP contribution in [0.1, 0.15) is 16.1 Å². The third-order valence-corrected chi connectivity index (χ3v) is 4.19. The molecule has 8 heteroatoms. The molecule has 0 unspecified atom stereocenters. The van der Waals surface area contributed by atoms with Crippen LogP contribution in [0.3, 0.4) is 0 Å². The molecule has 0 atom stereocenters. The van der Waals surface area contributed by atoms with Gasteiger partial charge in [-0.2, -0.15) is 0 Å². The van der Waals surface area contributed by atoms with E-state index >= 15 is 0 Å². The second kappa shape index (κ2) is 7.77. The van der Waals surface area contributed by atoms with Crippen LogP contribution in [0.25, 0.3) is 0 Å². The number of hydrogen-bond donors (Lipinski definition) is 1. The van der Waals surface area contributed by atoms with E-state index in [9.17, 15) is 9.59 Å². The zero-order chi connectivity index (χ0) is 17.0. The van der Waals surface area contributed by atoms with E-state index in [-0.39, 0.29) is 15.9 Å². The Hall–Kier alpha value is -1.63. The van der Waals surface area contributed by atoms with Gasteiger partial charge in [0.2, 0.25) is 0 Å². The van der Waals surface area contributed by atoms with Crippen LogP contribution < -0.4 is 5.32 Å². The Morgan fingerprint density at radius 1 is 1.26 bits per heavy atom. The van der Waals surface area contributed by atoms with Crippen molar-refractivity contribution in [1.82, 2.24) is 4.98 Å². The molecule has 1 N–H and O–H groups in total. The van der Waals surface area contributed by atoms with E-state index in [4.69, 9.17) is 27.9 Å². The number of carbonyl (C=O) groups is 2.